The summed E-state index contributed by atoms with van der Waals surface area (Å²) in [4.78, 5) is 11.4. The quantitative estimate of drug-likeness (QED) is 0.514. The summed E-state index contributed by atoms with van der Waals surface area (Å²) in [5.41, 5.74) is 1.90. The summed E-state index contributed by atoms with van der Waals surface area (Å²) < 4.78 is 10.6. The third-order valence-corrected chi connectivity index (χ3v) is 3.33. The van der Waals surface area contributed by atoms with E-state index < -0.39 is 0 Å². The first-order valence-electron chi connectivity index (χ1n) is 6.33. The van der Waals surface area contributed by atoms with Crippen LogP contribution in [0.2, 0.25) is 0 Å². The fourth-order valence-corrected chi connectivity index (χ4v) is 2.38. The Morgan fingerprint density at radius 2 is 2.00 bits per heavy atom. The van der Waals surface area contributed by atoms with Crippen molar-refractivity contribution in [3.63, 3.8) is 0 Å². The van der Waals surface area contributed by atoms with E-state index in [0.29, 0.717) is 13.2 Å². The SMILES string of the molecule is CCCCCCC[C@@H]1OCC2=C1C(=O)OC2. The third-order valence-electron chi connectivity index (χ3n) is 3.33. The minimum absolute atomic E-state index is 0.0200. The van der Waals surface area contributed by atoms with Gasteiger partial charge in [0.15, 0.2) is 0 Å². The molecule has 0 spiro atoms. The van der Waals surface area contributed by atoms with E-state index in [9.17, 15) is 4.79 Å². The maximum absolute atomic E-state index is 11.4. The Balaban J connectivity index is 1.73. The van der Waals surface area contributed by atoms with Gasteiger partial charge in [-0.2, -0.15) is 0 Å². The van der Waals surface area contributed by atoms with Crippen LogP contribution in [0.5, 0.6) is 0 Å². The second-order valence-corrected chi connectivity index (χ2v) is 4.60. The van der Waals surface area contributed by atoms with Crippen LogP contribution < -0.4 is 0 Å². The molecule has 3 heteroatoms. The normalized spacial score (nSPS) is 23.8. The highest BCUT2D eigenvalue weighted by Crippen LogP contribution is 2.30. The zero-order valence-corrected chi connectivity index (χ0v) is 9.96. The molecule has 2 aliphatic heterocycles. The average Bonchev–Trinajstić information content (AvgIpc) is 2.83. The zero-order chi connectivity index (χ0) is 11.4. The monoisotopic (exact) mass is 224 g/mol. The number of hydrogen-bond donors (Lipinski definition) is 0. The Hall–Kier alpha value is -0.830. The van der Waals surface area contributed by atoms with Crippen molar-refractivity contribution in [2.45, 2.75) is 51.6 Å². The van der Waals surface area contributed by atoms with Crippen LogP contribution in [0.4, 0.5) is 0 Å². The van der Waals surface area contributed by atoms with Gasteiger partial charge in [0.25, 0.3) is 0 Å². The summed E-state index contributed by atoms with van der Waals surface area (Å²) >= 11 is 0. The summed E-state index contributed by atoms with van der Waals surface area (Å²) in [6.07, 6.45) is 7.24. The van der Waals surface area contributed by atoms with Crippen LogP contribution in [0.3, 0.4) is 0 Å². The number of hydrogen-bond acceptors (Lipinski definition) is 3. The maximum Gasteiger partial charge on any atom is 0.337 e. The maximum atomic E-state index is 11.4. The van der Waals surface area contributed by atoms with E-state index in [2.05, 4.69) is 6.92 Å². The summed E-state index contributed by atoms with van der Waals surface area (Å²) in [7, 11) is 0. The molecule has 0 aromatic heterocycles. The van der Waals surface area contributed by atoms with Crippen LogP contribution in [-0.4, -0.2) is 25.3 Å². The highest BCUT2D eigenvalue weighted by molar-refractivity contribution is 5.93. The van der Waals surface area contributed by atoms with Gasteiger partial charge in [0.05, 0.1) is 18.3 Å². The van der Waals surface area contributed by atoms with E-state index in [0.717, 1.165) is 24.0 Å². The number of cyclic esters (lactones) is 1. The van der Waals surface area contributed by atoms with E-state index in [1.54, 1.807) is 0 Å². The van der Waals surface area contributed by atoms with E-state index in [4.69, 9.17) is 9.47 Å². The molecule has 0 aliphatic carbocycles. The summed E-state index contributed by atoms with van der Waals surface area (Å²) in [5, 5.41) is 0. The lowest BCUT2D eigenvalue weighted by Crippen LogP contribution is -2.16. The van der Waals surface area contributed by atoms with Gasteiger partial charge >= 0.3 is 5.97 Å². The van der Waals surface area contributed by atoms with Gasteiger partial charge in [-0.3, -0.25) is 0 Å². The highest BCUT2D eigenvalue weighted by Gasteiger charge is 2.36. The zero-order valence-electron chi connectivity index (χ0n) is 9.96. The van der Waals surface area contributed by atoms with Crippen molar-refractivity contribution in [1.82, 2.24) is 0 Å². The van der Waals surface area contributed by atoms with Gasteiger partial charge in [0.1, 0.15) is 6.61 Å². The standard InChI is InChI=1S/C13H20O3/c1-2-3-4-5-6-7-11-12-10(8-15-11)9-16-13(12)14/h11H,2-9H2,1H3/t11-/m0/s1. The van der Waals surface area contributed by atoms with Crippen molar-refractivity contribution >= 4 is 5.97 Å². The summed E-state index contributed by atoms with van der Waals surface area (Å²) in [6.45, 7) is 3.27. The molecule has 16 heavy (non-hydrogen) atoms. The molecule has 0 saturated carbocycles. The van der Waals surface area contributed by atoms with E-state index in [1.165, 1.54) is 25.7 Å². The molecule has 2 heterocycles. The smallest absolute Gasteiger partial charge is 0.337 e. The topological polar surface area (TPSA) is 35.5 Å². The molecule has 0 amide bonds. The molecule has 0 unspecified atom stereocenters. The molecule has 2 rings (SSSR count). The lowest BCUT2D eigenvalue weighted by molar-refractivity contribution is -0.137. The van der Waals surface area contributed by atoms with Crippen molar-refractivity contribution in [3.05, 3.63) is 11.1 Å². The molecule has 90 valence electrons. The molecule has 0 N–H and O–H groups in total. The van der Waals surface area contributed by atoms with Crippen LogP contribution in [0.1, 0.15) is 45.4 Å². The molecule has 0 radical (unpaired) electrons. The van der Waals surface area contributed by atoms with Crippen molar-refractivity contribution in [2.75, 3.05) is 13.2 Å². The van der Waals surface area contributed by atoms with Crippen molar-refractivity contribution in [3.8, 4) is 0 Å². The Bertz CT molecular complexity index is 294. The third kappa shape index (κ3) is 2.46. The second-order valence-electron chi connectivity index (χ2n) is 4.60. The van der Waals surface area contributed by atoms with Crippen LogP contribution in [-0.2, 0) is 14.3 Å². The number of esters is 1. The largest absolute Gasteiger partial charge is 0.458 e. The Morgan fingerprint density at radius 1 is 1.19 bits per heavy atom. The van der Waals surface area contributed by atoms with Crippen LogP contribution in [0.25, 0.3) is 0 Å². The number of carbonyl (C=O) groups is 1. The number of rotatable bonds is 6. The lowest BCUT2D eigenvalue weighted by atomic mass is 10.0. The number of ether oxygens (including phenoxy) is 2. The average molecular weight is 224 g/mol. The summed E-state index contributed by atoms with van der Waals surface area (Å²) in [6, 6.07) is 0. The second kappa shape index (κ2) is 5.48. The van der Waals surface area contributed by atoms with Gasteiger partial charge < -0.3 is 9.47 Å². The molecular weight excluding hydrogens is 204 g/mol. The highest BCUT2D eigenvalue weighted by atomic mass is 16.6. The number of carbonyl (C=O) groups excluding carboxylic acids is 1. The van der Waals surface area contributed by atoms with Crippen LogP contribution in [0.15, 0.2) is 11.1 Å². The first-order chi connectivity index (χ1) is 7.83. The van der Waals surface area contributed by atoms with Gasteiger partial charge in [-0.15, -0.1) is 0 Å². The fourth-order valence-electron chi connectivity index (χ4n) is 2.38. The fraction of sp³-hybridized carbons (Fsp3) is 0.769. The Labute approximate surface area is 96.8 Å². The molecule has 0 aromatic rings. The van der Waals surface area contributed by atoms with Crippen LogP contribution in [0, 0.1) is 0 Å². The molecule has 0 fully saturated rings. The van der Waals surface area contributed by atoms with Gasteiger partial charge in [-0.25, -0.2) is 4.79 Å². The Kier molecular flexibility index (Phi) is 3.99. The lowest BCUT2D eigenvalue weighted by Gasteiger charge is -2.12. The van der Waals surface area contributed by atoms with Crippen LogP contribution >= 0.6 is 0 Å². The molecule has 2 aliphatic rings. The first-order valence-corrected chi connectivity index (χ1v) is 6.33. The van der Waals surface area contributed by atoms with Crippen molar-refractivity contribution < 1.29 is 14.3 Å². The molecule has 0 aromatic carbocycles. The molecular formula is C13H20O3. The molecule has 1 atom stereocenters. The Morgan fingerprint density at radius 3 is 2.81 bits per heavy atom. The number of unbranched alkanes of at least 4 members (excludes halogenated alkanes) is 4. The molecule has 0 bridgehead atoms. The minimum atomic E-state index is -0.147. The predicted molar refractivity (Wildman–Crippen MR) is 61.1 cm³/mol. The van der Waals surface area contributed by atoms with Gasteiger partial charge in [0, 0.05) is 5.57 Å². The van der Waals surface area contributed by atoms with Gasteiger partial charge in [-0.1, -0.05) is 39.0 Å². The van der Waals surface area contributed by atoms with Crippen molar-refractivity contribution in [2.24, 2.45) is 0 Å². The first kappa shape index (κ1) is 11.6. The van der Waals surface area contributed by atoms with E-state index in [1.807, 2.05) is 0 Å². The van der Waals surface area contributed by atoms with Crippen molar-refractivity contribution in [1.29, 1.82) is 0 Å². The van der Waals surface area contributed by atoms with E-state index >= 15 is 0 Å². The molecule has 3 nitrogen and oxygen atoms in total. The van der Waals surface area contributed by atoms with Gasteiger partial charge in [0.2, 0.25) is 0 Å². The minimum Gasteiger partial charge on any atom is -0.458 e. The molecule has 0 saturated heterocycles. The predicted octanol–water partition coefficient (Wildman–Crippen LogP) is 2.60. The van der Waals surface area contributed by atoms with Gasteiger partial charge in [-0.05, 0) is 6.42 Å². The summed E-state index contributed by atoms with van der Waals surface area (Å²) in [5.74, 6) is -0.147. The van der Waals surface area contributed by atoms with E-state index in [-0.39, 0.29) is 12.1 Å².